The lowest BCUT2D eigenvalue weighted by Gasteiger charge is -2.11. The number of benzene rings is 1. The number of hydrogen-bond donors (Lipinski definition) is 2. The minimum atomic E-state index is -0.439. The summed E-state index contributed by atoms with van der Waals surface area (Å²) < 4.78 is 0. The monoisotopic (exact) mass is 180 g/mol. The summed E-state index contributed by atoms with van der Waals surface area (Å²) in [6, 6.07) is 7.69. The predicted molar refractivity (Wildman–Crippen MR) is 52.6 cm³/mol. The fourth-order valence-corrected chi connectivity index (χ4v) is 1.23. The van der Waals surface area contributed by atoms with Crippen LogP contribution >= 0.6 is 0 Å². The van der Waals surface area contributed by atoms with Crippen molar-refractivity contribution in [3.63, 3.8) is 0 Å². The van der Waals surface area contributed by atoms with Crippen LogP contribution in [-0.2, 0) is 0 Å². The van der Waals surface area contributed by atoms with Gasteiger partial charge in [0.2, 0.25) is 0 Å². The average molecular weight is 180 g/mol. The predicted octanol–water partition coefficient (Wildman–Crippen LogP) is 1.84. The highest BCUT2D eigenvalue weighted by Gasteiger charge is 2.06. The Labute approximate surface area is 78.8 Å². The summed E-state index contributed by atoms with van der Waals surface area (Å²) in [5, 5.41) is 18.3. The SMILES string of the molecule is CC(O)c1cccc(C(C)CO)c1. The van der Waals surface area contributed by atoms with Crippen LogP contribution in [0.1, 0.15) is 37.0 Å². The van der Waals surface area contributed by atoms with Gasteiger partial charge < -0.3 is 10.2 Å². The maximum atomic E-state index is 9.34. The van der Waals surface area contributed by atoms with E-state index >= 15 is 0 Å². The topological polar surface area (TPSA) is 40.5 Å². The summed E-state index contributed by atoms with van der Waals surface area (Å²) in [5.41, 5.74) is 1.97. The molecule has 0 bridgehead atoms. The third-order valence-corrected chi connectivity index (χ3v) is 2.24. The molecule has 0 radical (unpaired) electrons. The van der Waals surface area contributed by atoms with Crippen LogP contribution in [0.3, 0.4) is 0 Å². The summed E-state index contributed by atoms with van der Waals surface area (Å²) >= 11 is 0. The molecule has 0 amide bonds. The summed E-state index contributed by atoms with van der Waals surface area (Å²) in [6.45, 7) is 3.84. The van der Waals surface area contributed by atoms with Gasteiger partial charge in [0.15, 0.2) is 0 Å². The van der Waals surface area contributed by atoms with Gasteiger partial charge in [0.25, 0.3) is 0 Å². The Hall–Kier alpha value is -0.860. The normalized spacial score (nSPS) is 15.4. The molecule has 2 nitrogen and oxygen atoms in total. The molecule has 2 unspecified atom stereocenters. The molecule has 0 aromatic heterocycles. The zero-order valence-corrected chi connectivity index (χ0v) is 8.07. The lowest BCUT2D eigenvalue weighted by molar-refractivity contribution is 0.199. The van der Waals surface area contributed by atoms with Crippen LogP contribution in [-0.4, -0.2) is 16.8 Å². The van der Waals surface area contributed by atoms with Gasteiger partial charge in [0.1, 0.15) is 0 Å². The summed E-state index contributed by atoms with van der Waals surface area (Å²) in [4.78, 5) is 0. The van der Waals surface area contributed by atoms with Crippen molar-refractivity contribution in [2.24, 2.45) is 0 Å². The second kappa shape index (κ2) is 4.40. The van der Waals surface area contributed by atoms with Gasteiger partial charge >= 0.3 is 0 Å². The highest BCUT2D eigenvalue weighted by Crippen LogP contribution is 2.19. The molecular formula is C11H16O2. The van der Waals surface area contributed by atoms with E-state index in [1.54, 1.807) is 6.92 Å². The van der Waals surface area contributed by atoms with Crippen molar-refractivity contribution < 1.29 is 10.2 Å². The molecule has 1 aromatic carbocycles. The zero-order valence-electron chi connectivity index (χ0n) is 8.07. The molecule has 72 valence electrons. The van der Waals surface area contributed by atoms with Crippen molar-refractivity contribution in [1.29, 1.82) is 0 Å². The highest BCUT2D eigenvalue weighted by molar-refractivity contribution is 5.27. The van der Waals surface area contributed by atoms with Gasteiger partial charge in [-0.25, -0.2) is 0 Å². The molecular weight excluding hydrogens is 164 g/mol. The fraction of sp³-hybridized carbons (Fsp3) is 0.455. The fourth-order valence-electron chi connectivity index (χ4n) is 1.23. The molecule has 0 saturated carbocycles. The minimum absolute atomic E-state index is 0.138. The highest BCUT2D eigenvalue weighted by atomic mass is 16.3. The molecule has 1 aromatic rings. The molecule has 1 rings (SSSR count). The van der Waals surface area contributed by atoms with E-state index in [1.165, 1.54) is 0 Å². The number of aliphatic hydroxyl groups excluding tert-OH is 2. The van der Waals surface area contributed by atoms with Gasteiger partial charge in [-0.05, 0) is 18.1 Å². The number of rotatable bonds is 3. The lowest BCUT2D eigenvalue weighted by Crippen LogP contribution is -2.00. The van der Waals surface area contributed by atoms with Crippen LogP contribution in [0.5, 0.6) is 0 Å². The van der Waals surface area contributed by atoms with Crippen molar-refractivity contribution in [2.75, 3.05) is 6.61 Å². The van der Waals surface area contributed by atoms with E-state index in [0.717, 1.165) is 11.1 Å². The number of hydrogen-bond acceptors (Lipinski definition) is 2. The van der Waals surface area contributed by atoms with Crippen molar-refractivity contribution in [3.05, 3.63) is 35.4 Å². The molecule has 2 N–H and O–H groups in total. The quantitative estimate of drug-likeness (QED) is 0.745. The molecule has 2 atom stereocenters. The first-order valence-corrected chi connectivity index (χ1v) is 4.54. The summed E-state index contributed by atoms with van der Waals surface area (Å²) in [7, 11) is 0. The Kier molecular flexibility index (Phi) is 3.46. The first kappa shape index (κ1) is 10.2. The van der Waals surface area contributed by atoms with Crippen LogP contribution in [0.15, 0.2) is 24.3 Å². The average Bonchev–Trinajstić information content (AvgIpc) is 2.17. The van der Waals surface area contributed by atoms with Gasteiger partial charge in [-0.1, -0.05) is 31.2 Å². The van der Waals surface area contributed by atoms with Crippen molar-refractivity contribution >= 4 is 0 Å². The third-order valence-electron chi connectivity index (χ3n) is 2.24. The standard InChI is InChI=1S/C11H16O2/c1-8(7-12)10-4-3-5-11(6-10)9(2)13/h3-6,8-9,12-13H,7H2,1-2H3. The van der Waals surface area contributed by atoms with Crippen LogP contribution in [0.25, 0.3) is 0 Å². The Morgan fingerprint density at radius 3 is 2.38 bits per heavy atom. The second-order valence-corrected chi connectivity index (χ2v) is 3.43. The van der Waals surface area contributed by atoms with Gasteiger partial charge in [-0.2, -0.15) is 0 Å². The van der Waals surface area contributed by atoms with E-state index in [9.17, 15) is 5.11 Å². The number of aliphatic hydroxyl groups is 2. The maximum Gasteiger partial charge on any atom is 0.0762 e. The Morgan fingerprint density at radius 1 is 1.23 bits per heavy atom. The second-order valence-electron chi connectivity index (χ2n) is 3.43. The molecule has 0 heterocycles. The zero-order chi connectivity index (χ0) is 9.84. The van der Waals surface area contributed by atoms with Crippen LogP contribution < -0.4 is 0 Å². The van der Waals surface area contributed by atoms with E-state index in [4.69, 9.17) is 5.11 Å². The maximum absolute atomic E-state index is 9.34. The Morgan fingerprint density at radius 2 is 1.85 bits per heavy atom. The smallest absolute Gasteiger partial charge is 0.0762 e. The summed E-state index contributed by atoms with van der Waals surface area (Å²) in [6.07, 6.45) is -0.439. The molecule has 0 saturated heterocycles. The first-order valence-electron chi connectivity index (χ1n) is 4.54. The first-order chi connectivity index (χ1) is 6.15. The van der Waals surface area contributed by atoms with Crippen molar-refractivity contribution in [3.8, 4) is 0 Å². The van der Waals surface area contributed by atoms with Gasteiger partial charge in [0, 0.05) is 12.5 Å². The molecule has 13 heavy (non-hydrogen) atoms. The molecule has 0 fully saturated rings. The van der Waals surface area contributed by atoms with E-state index in [1.807, 2.05) is 31.2 Å². The Balaban J connectivity index is 2.91. The minimum Gasteiger partial charge on any atom is -0.396 e. The summed E-state index contributed by atoms with van der Waals surface area (Å²) in [5.74, 6) is 0.138. The molecule has 2 heteroatoms. The Bertz CT molecular complexity index is 269. The van der Waals surface area contributed by atoms with Crippen molar-refractivity contribution in [2.45, 2.75) is 25.9 Å². The van der Waals surface area contributed by atoms with Crippen LogP contribution in [0, 0.1) is 0 Å². The lowest BCUT2D eigenvalue weighted by atomic mass is 9.98. The van der Waals surface area contributed by atoms with Gasteiger partial charge in [-0.3, -0.25) is 0 Å². The largest absolute Gasteiger partial charge is 0.396 e. The van der Waals surface area contributed by atoms with E-state index in [-0.39, 0.29) is 12.5 Å². The molecule has 0 aliphatic carbocycles. The van der Waals surface area contributed by atoms with Crippen LogP contribution in [0.4, 0.5) is 0 Å². The third kappa shape index (κ3) is 2.54. The van der Waals surface area contributed by atoms with Crippen molar-refractivity contribution in [1.82, 2.24) is 0 Å². The van der Waals surface area contributed by atoms with Gasteiger partial charge in [0.05, 0.1) is 6.10 Å². The van der Waals surface area contributed by atoms with Crippen LogP contribution in [0.2, 0.25) is 0 Å². The molecule has 0 aliphatic rings. The van der Waals surface area contributed by atoms with E-state index in [0.29, 0.717) is 0 Å². The van der Waals surface area contributed by atoms with E-state index in [2.05, 4.69) is 0 Å². The van der Waals surface area contributed by atoms with Gasteiger partial charge in [-0.15, -0.1) is 0 Å². The molecule has 0 aliphatic heterocycles. The van der Waals surface area contributed by atoms with E-state index < -0.39 is 6.10 Å². The molecule has 0 spiro atoms.